The van der Waals surface area contributed by atoms with Crippen LogP contribution in [0.5, 0.6) is 5.75 Å². The fourth-order valence-corrected chi connectivity index (χ4v) is 1.98. The zero-order valence-electron chi connectivity index (χ0n) is 15.4. The van der Waals surface area contributed by atoms with E-state index in [0.717, 1.165) is 5.56 Å². The number of carboxylic acids is 1. The molecule has 1 heterocycles. The molecule has 1 aromatic carbocycles. The van der Waals surface area contributed by atoms with Gasteiger partial charge in [0.25, 0.3) is 5.91 Å². The molecule has 148 valence electrons. The van der Waals surface area contributed by atoms with Crippen LogP contribution in [0.15, 0.2) is 24.3 Å². The van der Waals surface area contributed by atoms with E-state index in [-0.39, 0.29) is 24.5 Å². The first-order valence-corrected chi connectivity index (χ1v) is 8.23. The molecule has 0 saturated carbocycles. The van der Waals surface area contributed by atoms with Crippen LogP contribution in [0.2, 0.25) is 0 Å². The van der Waals surface area contributed by atoms with Crippen molar-refractivity contribution in [2.75, 3.05) is 0 Å². The summed E-state index contributed by atoms with van der Waals surface area (Å²) in [7, 11) is 0. The smallest absolute Gasteiger partial charge is 0.326 e. The van der Waals surface area contributed by atoms with Crippen molar-refractivity contribution in [3.8, 4) is 5.75 Å². The minimum absolute atomic E-state index is 0.0845. The second-order valence-corrected chi connectivity index (χ2v) is 7.12. The lowest BCUT2D eigenvalue weighted by atomic mass is 9.94. The summed E-state index contributed by atoms with van der Waals surface area (Å²) in [4.78, 5) is 43.4. The fourth-order valence-electron chi connectivity index (χ4n) is 1.98. The Morgan fingerprint density at radius 3 is 2.11 bits per heavy atom. The minimum atomic E-state index is -1.11. The molecule has 0 aromatic heterocycles. The maximum atomic E-state index is 11.8. The predicted molar refractivity (Wildman–Crippen MR) is 94.6 cm³/mol. The van der Waals surface area contributed by atoms with Crippen LogP contribution in [0.25, 0.3) is 0 Å². The van der Waals surface area contributed by atoms with Crippen molar-refractivity contribution in [2.24, 2.45) is 5.41 Å². The highest BCUT2D eigenvalue weighted by molar-refractivity contribution is 6.04. The van der Waals surface area contributed by atoms with Crippen LogP contribution in [0.4, 0.5) is 0 Å². The van der Waals surface area contributed by atoms with Gasteiger partial charge in [0.15, 0.2) is 0 Å². The van der Waals surface area contributed by atoms with Crippen LogP contribution in [0.3, 0.4) is 0 Å². The van der Waals surface area contributed by atoms with E-state index in [1.165, 1.54) is 12.1 Å². The summed E-state index contributed by atoms with van der Waals surface area (Å²) in [6.07, 6.45) is -1.02. The number of carbonyl (C=O) groups excluding carboxylic acids is 3. The standard InChI is InChI=1S/C14H19NO4.C4H5NO3/c1-14(2,3)13(19)15-11(12(17)18)8-9-4-6-10(16)7-5-9;6-2-1-3(7)5-4(2)8/h4-7,11,16H,8H2,1-3H3,(H,15,19)(H,17,18);2,6H,1H2,(H,5,7,8)/t11-;/m0./s1. The summed E-state index contributed by atoms with van der Waals surface area (Å²) in [6.45, 7) is 5.17. The molecule has 9 heteroatoms. The Morgan fingerprint density at radius 2 is 1.78 bits per heavy atom. The molecule has 3 amide bonds. The van der Waals surface area contributed by atoms with Gasteiger partial charge in [-0.3, -0.25) is 19.7 Å². The number of aliphatic hydroxyl groups excluding tert-OH is 1. The number of amides is 3. The van der Waals surface area contributed by atoms with Crippen molar-refractivity contribution in [1.29, 1.82) is 0 Å². The lowest BCUT2D eigenvalue weighted by Gasteiger charge is -2.22. The third-order valence-electron chi connectivity index (χ3n) is 3.60. The molecule has 0 radical (unpaired) electrons. The number of carboxylic acid groups (broad SMARTS) is 1. The number of aromatic hydroxyl groups is 1. The molecule has 9 nitrogen and oxygen atoms in total. The van der Waals surface area contributed by atoms with Crippen molar-refractivity contribution < 1.29 is 34.5 Å². The van der Waals surface area contributed by atoms with Crippen molar-refractivity contribution >= 4 is 23.7 Å². The van der Waals surface area contributed by atoms with Gasteiger partial charge >= 0.3 is 5.97 Å². The van der Waals surface area contributed by atoms with Gasteiger partial charge in [-0.1, -0.05) is 32.9 Å². The number of carbonyl (C=O) groups is 4. The second-order valence-electron chi connectivity index (χ2n) is 7.12. The summed E-state index contributed by atoms with van der Waals surface area (Å²) in [5.41, 5.74) is 0.0993. The number of hydrogen-bond acceptors (Lipinski definition) is 6. The molecule has 2 rings (SSSR count). The topological polar surface area (TPSA) is 153 Å². The molecular weight excluding hydrogens is 356 g/mol. The third-order valence-corrected chi connectivity index (χ3v) is 3.60. The minimum Gasteiger partial charge on any atom is -0.508 e. The van der Waals surface area contributed by atoms with Crippen LogP contribution in [0, 0.1) is 5.41 Å². The molecule has 1 saturated heterocycles. The summed E-state index contributed by atoms with van der Waals surface area (Å²) < 4.78 is 0. The average molecular weight is 380 g/mol. The van der Waals surface area contributed by atoms with Gasteiger partial charge in [0, 0.05) is 11.8 Å². The maximum absolute atomic E-state index is 11.8. The molecule has 0 spiro atoms. The average Bonchev–Trinajstić information content (AvgIpc) is 2.84. The Hall–Kier alpha value is -2.94. The normalized spacial score (nSPS) is 17.4. The lowest BCUT2D eigenvalue weighted by molar-refractivity contribution is -0.143. The molecule has 1 unspecified atom stereocenters. The van der Waals surface area contributed by atoms with Crippen LogP contribution < -0.4 is 10.6 Å². The molecule has 1 aliphatic heterocycles. The van der Waals surface area contributed by atoms with Crippen molar-refractivity contribution in [1.82, 2.24) is 10.6 Å². The quantitative estimate of drug-likeness (QED) is 0.459. The van der Waals surface area contributed by atoms with Gasteiger partial charge in [0.05, 0.1) is 6.42 Å². The Balaban J connectivity index is 0.000000377. The molecule has 2 atom stereocenters. The lowest BCUT2D eigenvalue weighted by Crippen LogP contribution is -2.46. The van der Waals surface area contributed by atoms with Gasteiger partial charge < -0.3 is 20.6 Å². The van der Waals surface area contributed by atoms with Crippen LogP contribution >= 0.6 is 0 Å². The van der Waals surface area contributed by atoms with E-state index in [0.29, 0.717) is 0 Å². The Bertz CT molecular complexity index is 707. The third kappa shape index (κ3) is 7.45. The number of nitrogens with one attached hydrogen (secondary N) is 2. The summed E-state index contributed by atoms with van der Waals surface area (Å²) in [5.74, 6) is -2.25. The highest BCUT2D eigenvalue weighted by Crippen LogP contribution is 2.15. The van der Waals surface area contributed by atoms with Crippen molar-refractivity contribution in [3.05, 3.63) is 29.8 Å². The van der Waals surface area contributed by atoms with Crippen molar-refractivity contribution in [2.45, 2.75) is 45.8 Å². The molecule has 5 N–H and O–H groups in total. The van der Waals surface area contributed by atoms with E-state index >= 15 is 0 Å². The molecule has 1 aliphatic rings. The second kappa shape index (κ2) is 9.13. The number of imide groups is 1. The zero-order chi connectivity index (χ0) is 20.8. The summed E-state index contributed by atoms with van der Waals surface area (Å²) in [5, 5.41) is 31.3. The monoisotopic (exact) mass is 380 g/mol. The molecule has 0 bridgehead atoms. The SMILES string of the molecule is CC(C)(C)C(=O)N[C@@H](Cc1ccc(O)cc1)C(=O)O.O=C1CC(O)C(=O)N1. The van der Waals surface area contributed by atoms with Gasteiger partial charge in [0.1, 0.15) is 17.9 Å². The summed E-state index contributed by atoms with van der Waals surface area (Å²) >= 11 is 0. The molecule has 0 aliphatic carbocycles. The maximum Gasteiger partial charge on any atom is 0.326 e. The Labute approximate surface area is 156 Å². The summed E-state index contributed by atoms with van der Waals surface area (Å²) in [6, 6.07) is 5.26. The predicted octanol–water partition coefficient (Wildman–Crippen LogP) is -0.0560. The van der Waals surface area contributed by atoms with E-state index in [1.807, 2.05) is 5.32 Å². The van der Waals surface area contributed by atoms with Crippen molar-refractivity contribution in [3.63, 3.8) is 0 Å². The largest absolute Gasteiger partial charge is 0.508 e. The number of rotatable bonds is 4. The van der Waals surface area contributed by atoms with Gasteiger partial charge in [0.2, 0.25) is 11.8 Å². The molecule has 1 aromatic rings. The van der Waals surface area contributed by atoms with Crippen LogP contribution in [-0.4, -0.2) is 51.2 Å². The number of phenols is 1. The first kappa shape index (κ1) is 22.1. The molecule has 1 fully saturated rings. The number of phenolic OH excluding ortho intramolecular Hbond substituents is 1. The number of hydrogen-bond donors (Lipinski definition) is 5. The van der Waals surface area contributed by atoms with E-state index in [9.17, 15) is 19.2 Å². The fraction of sp³-hybridized carbons (Fsp3) is 0.444. The van der Waals surface area contributed by atoms with Crippen LogP contribution in [-0.2, 0) is 25.6 Å². The molecular formula is C18H24N2O7. The molecule has 27 heavy (non-hydrogen) atoms. The Morgan fingerprint density at radius 1 is 1.22 bits per heavy atom. The number of aliphatic carboxylic acids is 1. The first-order valence-electron chi connectivity index (χ1n) is 8.23. The highest BCUT2D eigenvalue weighted by atomic mass is 16.4. The highest BCUT2D eigenvalue weighted by Gasteiger charge is 2.28. The zero-order valence-corrected chi connectivity index (χ0v) is 15.4. The van der Waals surface area contributed by atoms with E-state index in [1.54, 1.807) is 32.9 Å². The van der Waals surface area contributed by atoms with E-state index in [2.05, 4.69) is 5.32 Å². The van der Waals surface area contributed by atoms with E-state index < -0.39 is 35.3 Å². The van der Waals surface area contributed by atoms with E-state index in [4.69, 9.17) is 15.3 Å². The van der Waals surface area contributed by atoms with Gasteiger partial charge in [-0.15, -0.1) is 0 Å². The van der Waals surface area contributed by atoms with Crippen LogP contribution in [0.1, 0.15) is 32.8 Å². The number of aliphatic hydroxyl groups is 1. The van der Waals surface area contributed by atoms with Gasteiger partial charge in [-0.05, 0) is 17.7 Å². The van der Waals surface area contributed by atoms with Gasteiger partial charge in [-0.2, -0.15) is 0 Å². The van der Waals surface area contributed by atoms with Gasteiger partial charge in [-0.25, -0.2) is 4.79 Å². The number of benzene rings is 1. The first-order chi connectivity index (χ1) is 12.4. The Kier molecular flexibility index (Phi) is 7.47.